The van der Waals surface area contributed by atoms with Crippen LogP contribution in [-0.2, 0) is 0 Å². The Balaban J connectivity index is -0.00000110. The van der Waals surface area contributed by atoms with Crippen molar-refractivity contribution >= 4 is 23.3 Å². The quantitative estimate of drug-likeness (QED) is 0.312. The number of rotatable bonds is 5. The van der Waals surface area contributed by atoms with Crippen molar-refractivity contribution in [2.45, 2.75) is 0 Å². The molecule has 0 fully saturated rings. The molecule has 2 N–H and O–H groups in total. The van der Waals surface area contributed by atoms with Crippen molar-refractivity contribution in [2.24, 2.45) is 0 Å². The van der Waals surface area contributed by atoms with E-state index < -0.39 is 11.9 Å². The number of hydrogen-bond acceptors (Lipinski definition) is 6. The van der Waals surface area contributed by atoms with Crippen LogP contribution in [0.2, 0.25) is 0 Å². The molecule has 10 heteroatoms. The SMILES string of the molecule is O=C([O-])c1cc(NNc2c[c-]c[c-]c2)cc(C(=O)[O-])c1.[Na+].[Na+].[Na+].[Na+]. The summed E-state index contributed by atoms with van der Waals surface area (Å²) in [6.45, 7) is 0. The molecule has 2 aromatic carbocycles. The second-order valence-electron chi connectivity index (χ2n) is 3.85. The average Bonchev–Trinajstić information content (AvgIpc) is 2.45. The number of anilines is 2. The summed E-state index contributed by atoms with van der Waals surface area (Å²) >= 11 is 0. The smallest absolute Gasteiger partial charge is 0.545 e. The van der Waals surface area contributed by atoms with E-state index in [9.17, 15) is 19.8 Å². The molecular weight excluding hydrogens is 352 g/mol. The van der Waals surface area contributed by atoms with Crippen LogP contribution in [0.1, 0.15) is 20.7 Å². The van der Waals surface area contributed by atoms with Crippen LogP contribution < -0.4 is 139 Å². The molecule has 0 radical (unpaired) electrons. The van der Waals surface area contributed by atoms with Gasteiger partial charge < -0.3 is 48.9 Å². The molecule has 102 valence electrons. The Morgan fingerprint density at radius 2 is 1.17 bits per heavy atom. The topological polar surface area (TPSA) is 104 Å². The molecule has 0 atom stereocenters. The summed E-state index contributed by atoms with van der Waals surface area (Å²) < 4.78 is 0. The van der Waals surface area contributed by atoms with Gasteiger partial charge in [-0.05, 0) is 29.3 Å². The first kappa shape index (κ1) is 29.7. The summed E-state index contributed by atoms with van der Waals surface area (Å²) in [5.41, 5.74) is 5.78. The van der Waals surface area contributed by atoms with Gasteiger partial charge in [0.15, 0.2) is 0 Å². The molecule has 0 spiro atoms. The number of carboxylic acid groups (broad SMARTS) is 2. The average molecular weight is 360 g/mol. The Hall–Kier alpha value is 0.980. The van der Waals surface area contributed by atoms with Crippen LogP contribution >= 0.6 is 0 Å². The predicted molar refractivity (Wildman–Crippen MR) is 66.5 cm³/mol. The molecule has 0 heterocycles. The normalized spacial score (nSPS) is 8.17. The van der Waals surface area contributed by atoms with Gasteiger partial charge in [0.05, 0.1) is 17.6 Å². The fraction of sp³-hybridized carbons (Fsp3) is 0. The van der Waals surface area contributed by atoms with Gasteiger partial charge in [0.25, 0.3) is 0 Å². The second-order valence-corrected chi connectivity index (χ2v) is 3.85. The fourth-order valence-corrected chi connectivity index (χ4v) is 1.50. The van der Waals surface area contributed by atoms with E-state index in [1.165, 1.54) is 12.1 Å². The maximum absolute atomic E-state index is 10.8. The Bertz CT molecular complexity index is 624. The second kappa shape index (κ2) is 15.1. The Kier molecular flexibility index (Phi) is 18.7. The van der Waals surface area contributed by atoms with E-state index in [0.29, 0.717) is 5.69 Å². The Morgan fingerprint density at radius 3 is 1.58 bits per heavy atom. The minimum atomic E-state index is -1.47. The van der Waals surface area contributed by atoms with Gasteiger partial charge in [-0.1, -0.05) is 0 Å². The zero-order valence-electron chi connectivity index (χ0n) is 14.1. The first-order valence-corrected chi connectivity index (χ1v) is 5.53. The first-order chi connectivity index (χ1) is 9.56. The molecule has 0 amide bonds. The van der Waals surface area contributed by atoms with Gasteiger partial charge in [-0.15, -0.1) is 0 Å². The van der Waals surface area contributed by atoms with Gasteiger partial charge in [-0.2, -0.15) is 5.69 Å². The minimum absolute atomic E-state index is 0. The van der Waals surface area contributed by atoms with Crippen molar-refractivity contribution in [3.05, 3.63) is 59.7 Å². The number of carbonyl (C=O) groups excluding carboxylic acids is 2. The van der Waals surface area contributed by atoms with Crippen LogP contribution in [-0.4, -0.2) is 11.9 Å². The standard InChI is InChI=1S/C14H10N2O4.4Na/c17-13(18)9-6-10(14(19)20)8-12(7-9)16-15-11-4-2-1-3-5-11;;;;/h1,4-8,15-16H,(H,17,18)(H,19,20);;;;/q-2;4*+1/p-2. The summed E-state index contributed by atoms with van der Waals surface area (Å²) in [7, 11) is 0. The first-order valence-electron chi connectivity index (χ1n) is 5.53. The van der Waals surface area contributed by atoms with Gasteiger partial charge in [-0.3, -0.25) is 12.1 Å². The molecule has 0 unspecified atom stereocenters. The fourth-order valence-electron chi connectivity index (χ4n) is 1.50. The molecule has 6 nitrogen and oxygen atoms in total. The summed E-state index contributed by atoms with van der Waals surface area (Å²) in [5, 5.41) is 21.6. The van der Waals surface area contributed by atoms with E-state index in [0.717, 1.165) is 6.07 Å². The predicted octanol–water partition coefficient (Wildman–Crippen LogP) is -12.5. The maximum Gasteiger partial charge on any atom is 1.00 e. The third-order valence-electron chi connectivity index (χ3n) is 2.40. The van der Waals surface area contributed by atoms with Crippen LogP contribution in [0.15, 0.2) is 36.4 Å². The van der Waals surface area contributed by atoms with Crippen molar-refractivity contribution < 1.29 is 138 Å². The van der Waals surface area contributed by atoms with Gasteiger partial charge in [0, 0.05) is 0 Å². The molecular formula is C14H8N2Na4O4. The van der Waals surface area contributed by atoms with Crippen LogP contribution in [0.4, 0.5) is 11.4 Å². The van der Waals surface area contributed by atoms with Crippen molar-refractivity contribution in [1.82, 2.24) is 0 Å². The molecule has 2 rings (SSSR count). The van der Waals surface area contributed by atoms with Gasteiger partial charge >= 0.3 is 118 Å². The zero-order chi connectivity index (χ0) is 14.5. The molecule has 0 aliphatic heterocycles. The maximum atomic E-state index is 10.8. The van der Waals surface area contributed by atoms with Crippen molar-refractivity contribution in [3.8, 4) is 0 Å². The van der Waals surface area contributed by atoms with Gasteiger partial charge in [-0.25, -0.2) is 0 Å². The minimum Gasteiger partial charge on any atom is -0.545 e. The number of nitrogens with one attached hydrogen (secondary N) is 2. The number of hydrogen-bond donors (Lipinski definition) is 2. The Morgan fingerprint density at radius 1 is 0.750 bits per heavy atom. The number of carbonyl (C=O) groups is 2. The summed E-state index contributed by atoms with van der Waals surface area (Å²) in [6.07, 6.45) is 0. The van der Waals surface area contributed by atoms with E-state index in [4.69, 9.17) is 0 Å². The monoisotopic (exact) mass is 360 g/mol. The number of aromatic carboxylic acids is 2. The van der Waals surface area contributed by atoms with Crippen molar-refractivity contribution in [1.29, 1.82) is 0 Å². The van der Waals surface area contributed by atoms with Gasteiger partial charge in [0.1, 0.15) is 0 Å². The van der Waals surface area contributed by atoms with Crippen LogP contribution in [0.25, 0.3) is 0 Å². The van der Waals surface area contributed by atoms with Crippen LogP contribution in [0.5, 0.6) is 0 Å². The number of hydrazine groups is 1. The van der Waals surface area contributed by atoms with Crippen molar-refractivity contribution in [2.75, 3.05) is 10.9 Å². The molecule has 0 bridgehead atoms. The van der Waals surface area contributed by atoms with E-state index in [1.54, 1.807) is 18.2 Å². The van der Waals surface area contributed by atoms with Gasteiger partial charge in [0.2, 0.25) is 0 Å². The molecule has 0 saturated carbocycles. The summed E-state index contributed by atoms with van der Waals surface area (Å²) in [4.78, 5) is 21.6. The summed E-state index contributed by atoms with van der Waals surface area (Å²) in [5.74, 6) is -2.95. The van der Waals surface area contributed by atoms with E-state index in [1.807, 2.05) is 0 Å². The number of carboxylic acids is 2. The molecule has 2 aromatic rings. The molecule has 0 aliphatic rings. The zero-order valence-corrected chi connectivity index (χ0v) is 22.1. The third-order valence-corrected chi connectivity index (χ3v) is 2.40. The van der Waals surface area contributed by atoms with Crippen LogP contribution in [0.3, 0.4) is 0 Å². The van der Waals surface area contributed by atoms with Crippen LogP contribution in [0, 0.1) is 12.1 Å². The number of benzene rings is 2. The Labute approximate surface area is 228 Å². The summed E-state index contributed by atoms with van der Waals surface area (Å²) in [6, 6.07) is 13.9. The van der Waals surface area contributed by atoms with Crippen molar-refractivity contribution in [3.63, 3.8) is 0 Å². The third kappa shape index (κ3) is 9.62. The molecule has 0 aliphatic carbocycles. The van der Waals surface area contributed by atoms with E-state index in [2.05, 4.69) is 23.0 Å². The molecule has 24 heavy (non-hydrogen) atoms. The van der Waals surface area contributed by atoms with E-state index in [-0.39, 0.29) is 135 Å². The molecule has 0 aromatic heterocycles. The largest absolute Gasteiger partial charge is 1.00 e. The van der Waals surface area contributed by atoms with E-state index >= 15 is 0 Å². The molecule has 0 saturated heterocycles.